The van der Waals surface area contributed by atoms with Crippen molar-refractivity contribution in [2.24, 2.45) is 0 Å². The summed E-state index contributed by atoms with van der Waals surface area (Å²) in [5.74, 6) is 0.418. The molecule has 0 aliphatic rings. The number of rotatable bonds is 6. The van der Waals surface area contributed by atoms with Crippen LogP contribution in [0.25, 0.3) is 11.0 Å². The summed E-state index contributed by atoms with van der Waals surface area (Å²) in [6, 6.07) is 12.1. The lowest BCUT2D eigenvalue weighted by Crippen LogP contribution is -2.25. The molecule has 0 bridgehead atoms. The van der Waals surface area contributed by atoms with Gasteiger partial charge in [0.2, 0.25) is 0 Å². The van der Waals surface area contributed by atoms with Crippen LogP contribution in [0.1, 0.15) is 35.5 Å². The molecule has 0 aliphatic carbocycles. The average molecular weight is 355 g/mol. The van der Waals surface area contributed by atoms with Gasteiger partial charge in [0.15, 0.2) is 5.76 Å². The van der Waals surface area contributed by atoms with E-state index < -0.39 is 0 Å². The Bertz CT molecular complexity index is 913. The molecule has 26 heavy (non-hydrogen) atoms. The van der Waals surface area contributed by atoms with Gasteiger partial charge in [0.25, 0.3) is 5.91 Å². The van der Waals surface area contributed by atoms with Crippen molar-refractivity contribution in [2.75, 3.05) is 6.54 Å². The summed E-state index contributed by atoms with van der Waals surface area (Å²) in [5, 5.41) is 3.47. The number of hydrogen-bond donors (Lipinski definition) is 1. The van der Waals surface area contributed by atoms with Crippen LogP contribution in [0.5, 0.6) is 5.75 Å². The van der Waals surface area contributed by atoms with E-state index in [2.05, 4.69) is 5.32 Å². The van der Waals surface area contributed by atoms with Crippen molar-refractivity contribution in [3.05, 3.63) is 65.2 Å². The zero-order valence-electron chi connectivity index (χ0n) is 15.1. The third kappa shape index (κ3) is 4.04. The zero-order valence-corrected chi connectivity index (χ0v) is 15.1. The highest BCUT2D eigenvalue weighted by molar-refractivity contribution is 5.98. The molecule has 4 nitrogen and oxygen atoms in total. The monoisotopic (exact) mass is 355 g/mol. The fourth-order valence-electron chi connectivity index (χ4n) is 2.82. The fourth-order valence-corrected chi connectivity index (χ4v) is 2.82. The minimum Gasteiger partial charge on any atom is -0.491 e. The number of ether oxygens (including phenoxy) is 1. The van der Waals surface area contributed by atoms with Crippen molar-refractivity contribution in [3.63, 3.8) is 0 Å². The highest BCUT2D eigenvalue weighted by Gasteiger charge is 2.17. The van der Waals surface area contributed by atoms with Gasteiger partial charge < -0.3 is 14.5 Å². The van der Waals surface area contributed by atoms with Crippen molar-refractivity contribution >= 4 is 16.9 Å². The molecule has 1 N–H and O–H groups in total. The lowest BCUT2D eigenvalue weighted by atomic mass is 10.1. The predicted octanol–water partition coefficient (Wildman–Crippen LogP) is 4.64. The first-order valence-corrected chi connectivity index (χ1v) is 8.66. The summed E-state index contributed by atoms with van der Waals surface area (Å²) in [4.78, 5) is 12.4. The zero-order chi connectivity index (χ0) is 18.7. The van der Waals surface area contributed by atoms with Gasteiger partial charge in [-0.2, -0.15) is 0 Å². The number of aryl methyl sites for hydroxylation is 1. The lowest BCUT2D eigenvalue weighted by molar-refractivity contribution is 0.0927. The Kier molecular flexibility index (Phi) is 5.26. The van der Waals surface area contributed by atoms with Gasteiger partial charge >= 0.3 is 0 Å². The van der Waals surface area contributed by atoms with E-state index in [0.29, 0.717) is 29.5 Å². The van der Waals surface area contributed by atoms with E-state index in [9.17, 15) is 9.18 Å². The quantitative estimate of drug-likeness (QED) is 0.701. The molecule has 0 atom stereocenters. The fraction of sp³-hybridized carbons (Fsp3) is 0.286. The molecule has 0 unspecified atom stereocenters. The number of halogens is 1. The Morgan fingerprint density at radius 1 is 1.19 bits per heavy atom. The third-order valence-electron chi connectivity index (χ3n) is 4.10. The largest absolute Gasteiger partial charge is 0.491 e. The van der Waals surface area contributed by atoms with E-state index >= 15 is 0 Å². The van der Waals surface area contributed by atoms with Crippen molar-refractivity contribution in [3.8, 4) is 5.75 Å². The van der Waals surface area contributed by atoms with Crippen LogP contribution in [0.2, 0.25) is 0 Å². The van der Waals surface area contributed by atoms with Gasteiger partial charge in [-0.3, -0.25) is 4.79 Å². The highest BCUT2D eigenvalue weighted by Crippen LogP contribution is 2.25. The molecule has 5 heteroatoms. The Labute approximate surface area is 152 Å². The minimum atomic E-state index is -0.349. The van der Waals surface area contributed by atoms with Gasteiger partial charge in [-0.25, -0.2) is 4.39 Å². The number of furan rings is 1. The van der Waals surface area contributed by atoms with Crippen molar-refractivity contribution in [2.45, 2.75) is 33.3 Å². The number of benzene rings is 2. The second-order valence-corrected chi connectivity index (χ2v) is 6.51. The number of fused-ring (bicyclic) bond motifs is 1. The molecule has 1 amide bonds. The first kappa shape index (κ1) is 18.0. The van der Waals surface area contributed by atoms with E-state index in [0.717, 1.165) is 11.3 Å². The van der Waals surface area contributed by atoms with E-state index in [-0.39, 0.29) is 23.6 Å². The lowest BCUT2D eigenvalue weighted by Gasteiger charge is -2.10. The molecule has 0 aliphatic heterocycles. The summed E-state index contributed by atoms with van der Waals surface area (Å²) in [5.41, 5.74) is 2.26. The van der Waals surface area contributed by atoms with Crippen molar-refractivity contribution in [1.29, 1.82) is 0 Å². The molecule has 136 valence electrons. The highest BCUT2D eigenvalue weighted by atomic mass is 19.1. The second kappa shape index (κ2) is 7.60. The summed E-state index contributed by atoms with van der Waals surface area (Å²) in [6.07, 6.45) is 0.836. The maximum absolute atomic E-state index is 13.4. The standard InChI is InChI=1S/C21H22FNO3/c1-13(2)25-17-7-4-15(5-8-17)10-11-23-21(24)20-14(3)18-12-16(22)6-9-19(18)26-20/h4-9,12-13H,10-11H2,1-3H3,(H,23,24). The van der Waals surface area contributed by atoms with Crippen LogP contribution >= 0.6 is 0 Å². The molecule has 0 spiro atoms. The van der Waals surface area contributed by atoms with Crippen LogP contribution in [0, 0.1) is 12.7 Å². The van der Waals surface area contributed by atoms with Crippen LogP contribution in [-0.4, -0.2) is 18.6 Å². The number of carbonyl (C=O) groups is 1. The first-order chi connectivity index (χ1) is 12.4. The Hall–Kier alpha value is -2.82. The second-order valence-electron chi connectivity index (χ2n) is 6.51. The maximum atomic E-state index is 13.4. The number of amides is 1. The van der Waals surface area contributed by atoms with E-state index in [1.165, 1.54) is 18.2 Å². The molecule has 3 rings (SSSR count). The number of carbonyl (C=O) groups excluding carboxylic acids is 1. The summed E-state index contributed by atoms with van der Waals surface area (Å²) >= 11 is 0. The smallest absolute Gasteiger partial charge is 0.287 e. The maximum Gasteiger partial charge on any atom is 0.287 e. The predicted molar refractivity (Wildman–Crippen MR) is 99.2 cm³/mol. The molecule has 1 aromatic heterocycles. The summed E-state index contributed by atoms with van der Waals surface area (Å²) < 4.78 is 24.6. The van der Waals surface area contributed by atoms with Crippen molar-refractivity contribution < 1.29 is 18.3 Å². The van der Waals surface area contributed by atoms with Gasteiger partial charge in [0, 0.05) is 17.5 Å². The average Bonchev–Trinajstić information content (AvgIpc) is 2.92. The Morgan fingerprint density at radius 3 is 2.62 bits per heavy atom. The topological polar surface area (TPSA) is 51.5 Å². The summed E-state index contributed by atoms with van der Waals surface area (Å²) in [7, 11) is 0. The van der Waals surface area contributed by atoms with Gasteiger partial charge in [-0.05, 0) is 63.1 Å². The SMILES string of the molecule is Cc1c(C(=O)NCCc2ccc(OC(C)C)cc2)oc2ccc(F)cc12. The molecule has 1 heterocycles. The Morgan fingerprint density at radius 2 is 1.92 bits per heavy atom. The molecular formula is C21H22FNO3. The molecule has 2 aromatic carbocycles. The van der Waals surface area contributed by atoms with Crippen LogP contribution in [0.4, 0.5) is 4.39 Å². The van der Waals surface area contributed by atoms with Gasteiger partial charge in [0.05, 0.1) is 6.10 Å². The Balaban J connectivity index is 1.60. The molecular weight excluding hydrogens is 333 g/mol. The first-order valence-electron chi connectivity index (χ1n) is 8.66. The van der Waals surface area contributed by atoms with E-state index in [1.807, 2.05) is 38.1 Å². The van der Waals surface area contributed by atoms with Gasteiger partial charge in [-0.15, -0.1) is 0 Å². The van der Waals surface area contributed by atoms with E-state index in [4.69, 9.17) is 9.15 Å². The molecule has 0 saturated heterocycles. The van der Waals surface area contributed by atoms with Crippen LogP contribution < -0.4 is 10.1 Å². The van der Waals surface area contributed by atoms with Crippen LogP contribution in [0.3, 0.4) is 0 Å². The van der Waals surface area contributed by atoms with E-state index in [1.54, 1.807) is 6.92 Å². The minimum absolute atomic E-state index is 0.140. The normalized spacial score (nSPS) is 11.1. The van der Waals surface area contributed by atoms with Gasteiger partial charge in [-0.1, -0.05) is 12.1 Å². The molecule has 0 fully saturated rings. The number of nitrogens with one attached hydrogen (secondary N) is 1. The molecule has 0 saturated carbocycles. The van der Waals surface area contributed by atoms with Crippen LogP contribution in [-0.2, 0) is 6.42 Å². The van der Waals surface area contributed by atoms with Crippen LogP contribution in [0.15, 0.2) is 46.9 Å². The third-order valence-corrected chi connectivity index (χ3v) is 4.10. The summed E-state index contributed by atoms with van der Waals surface area (Å²) in [6.45, 7) is 6.21. The molecule has 3 aromatic rings. The number of hydrogen-bond acceptors (Lipinski definition) is 3. The molecule has 0 radical (unpaired) electrons. The van der Waals surface area contributed by atoms with Crippen molar-refractivity contribution in [1.82, 2.24) is 5.32 Å². The van der Waals surface area contributed by atoms with Gasteiger partial charge in [0.1, 0.15) is 17.1 Å².